The molecule has 1 heterocycles. The van der Waals surface area contributed by atoms with Crippen molar-refractivity contribution in [2.45, 2.75) is 46.2 Å². The number of esters is 1. The van der Waals surface area contributed by atoms with Gasteiger partial charge in [0, 0.05) is 12.6 Å². The van der Waals surface area contributed by atoms with Crippen LogP contribution in [0.25, 0.3) is 0 Å². The van der Waals surface area contributed by atoms with E-state index in [9.17, 15) is 9.59 Å². The van der Waals surface area contributed by atoms with Crippen molar-refractivity contribution in [3.63, 3.8) is 0 Å². The van der Waals surface area contributed by atoms with Crippen molar-refractivity contribution >= 4 is 17.6 Å². The molecule has 7 nitrogen and oxygen atoms in total. The van der Waals surface area contributed by atoms with Crippen LogP contribution in [-0.2, 0) is 16.1 Å². The van der Waals surface area contributed by atoms with E-state index in [0.717, 1.165) is 12.8 Å². The number of carbonyl (C=O) groups excluding carboxylic acids is 2. The quantitative estimate of drug-likeness (QED) is 0.789. The zero-order valence-corrected chi connectivity index (χ0v) is 12.8. The Kier molecular flexibility index (Phi) is 4.50. The van der Waals surface area contributed by atoms with E-state index in [0.29, 0.717) is 30.2 Å². The predicted molar refractivity (Wildman–Crippen MR) is 77.7 cm³/mol. The second-order valence-corrected chi connectivity index (χ2v) is 5.13. The lowest BCUT2D eigenvalue weighted by Gasteiger charge is -2.21. The lowest BCUT2D eigenvalue weighted by molar-refractivity contribution is -0.144. The van der Waals surface area contributed by atoms with E-state index in [4.69, 9.17) is 10.5 Å². The normalized spacial score (nSPS) is 14.0. The number of amides is 1. The summed E-state index contributed by atoms with van der Waals surface area (Å²) in [5, 5.41) is 4.26. The van der Waals surface area contributed by atoms with Gasteiger partial charge < -0.3 is 15.4 Å². The van der Waals surface area contributed by atoms with E-state index in [1.54, 1.807) is 23.4 Å². The predicted octanol–water partition coefficient (Wildman–Crippen LogP) is 0.961. The number of ether oxygens (including phenoxy) is 1. The maximum absolute atomic E-state index is 12.8. The van der Waals surface area contributed by atoms with Crippen LogP contribution < -0.4 is 5.73 Å². The van der Waals surface area contributed by atoms with Gasteiger partial charge in [0.2, 0.25) is 0 Å². The zero-order chi connectivity index (χ0) is 15.6. The van der Waals surface area contributed by atoms with Gasteiger partial charge >= 0.3 is 5.97 Å². The number of aryl methyl sites for hydroxylation is 2. The fourth-order valence-electron chi connectivity index (χ4n) is 2.28. The second kappa shape index (κ2) is 6.15. The molecule has 1 saturated carbocycles. The van der Waals surface area contributed by atoms with E-state index >= 15 is 0 Å². The van der Waals surface area contributed by atoms with Crippen LogP contribution in [0.3, 0.4) is 0 Å². The first-order valence-electron chi connectivity index (χ1n) is 7.29. The molecule has 1 aliphatic carbocycles. The van der Waals surface area contributed by atoms with Gasteiger partial charge in [-0.15, -0.1) is 0 Å². The summed E-state index contributed by atoms with van der Waals surface area (Å²) in [6.07, 6.45) is 1.81. The molecule has 1 amide bonds. The first-order chi connectivity index (χ1) is 9.99. The van der Waals surface area contributed by atoms with Gasteiger partial charge in [-0.25, -0.2) is 0 Å². The molecule has 0 atom stereocenters. The Bertz CT molecular complexity index is 549. The van der Waals surface area contributed by atoms with E-state index < -0.39 is 5.97 Å². The Morgan fingerprint density at radius 2 is 2.10 bits per heavy atom. The molecule has 116 valence electrons. The first kappa shape index (κ1) is 15.3. The maximum atomic E-state index is 12.8. The third kappa shape index (κ3) is 3.17. The number of nitrogens with zero attached hydrogens (tertiary/aromatic N) is 3. The van der Waals surface area contributed by atoms with Gasteiger partial charge in [-0.2, -0.15) is 5.10 Å². The van der Waals surface area contributed by atoms with Crippen molar-refractivity contribution in [3.05, 3.63) is 11.4 Å². The molecule has 0 unspecified atom stereocenters. The van der Waals surface area contributed by atoms with Crippen molar-refractivity contribution in [1.82, 2.24) is 14.7 Å². The van der Waals surface area contributed by atoms with Crippen LogP contribution in [-0.4, -0.2) is 45.8 Å². The highest BCUT2D eigenvalue weighted by molar-refractivity contribution is 5.99. The summed E-state index contributed by atoms with van der Waals surface area (Å²) < 4.78 is 6.53. The lowest BCUT2D eigenvalue weighted by Crippen LogP contribution is -2.39. The zero-order valence-electron chi connectivity index (χ0n) is 12.8. The largest absolute Gasteiger partial charge is 0.465 e. The minimum Gasteiger partial charge on any atom is -0.465 e. The molecule has 21 heavy (non-hydrogen) atoms. The Morgan fingerprint density at radius 3 is 2.62 bits per heavy atom. The van der Waals surface area contributed by atoms with Crippen molar-refractivity contribution in [3.8, 4) is 0 Å². The standard InChI is InChI=1S/C14H22N4O3/c1-4-18-13(12(15)9(3)16-18)14(20)17(10-6-7-10)8-11(19)21-5-2/h10H,4-8,15H2,1-3H3. The van der Waals surface area contributed by atoms with Crippen molar-refractivity contribution in [1.29, 1.82) is 0 Å². The number of hydrogen-bond acceptors (Lipinski definition) is 5. The maximum Gasteiger partial charge on any atom is 0.325 e. The number of rotatable bonds is 6. The topological polar surface area (TPSA) is 90.4 Å². The van der Waals surface area contributed by atoms with Gasteiger partial charge in [0.1, 0.15) is 12.2 Å². The number of carbonyl (C=O) groups is 2. The summed E-state index contributed by atoms with van der Waals surface area (Å²) in [4.78, 5) is 26.0. The van der Waals surface area contributed by atoms with Crippen LogP contribution in [0.15, 0.2) is 0 Å². The van der Waals surface area contributed by atoms with Crippen LogP contribution in [0.1, 0.15) is 42.9 Å². The molecule has 2 N–H and O–H groups in total. The van der Waals surface area contributed by atoms with Crippen LogP contribution in [0, 0.1) is 6.92 Å². The number of hydrogen-bond donors (Lipinski definition) is 1. The van der Waals surface area contributed by atoms with Gasteiger partial charge in [-0.1, -0.05) is 0 Å². The van der Waals surface area contributed by atoms with Gasteiger partial charge in [-0.3, -0.25) is 14.3 Å². The van der Waals surface area contributed by atoms with E-state index in [1.807, 2.05) is 6.92 Å². The molecule has 1 aromatic heterocycles. The molecule has 1 aromatic rings. The van der Waals surface area contributed by atoms with Crippen molar-refractivity contribution in [2.24, 2.45) is 0 Å². The number of anilines is 1. The fraction of sp³-hybridized carbons (Fsp3) is 0.643. The minimum absolute atomic E-state index is 0.0370. The molecule has 1 aliphatic rings. The van der Waals surface area contributed by atoms with Gasteiger partial charge in [0.25, 0.3) is 5.91 Å². The molecular weight excluding hydrogens is 272 g/mol. The molecule has 0 radical (unpaired) electrons. The summed E-state index contributed by atoms with van der Waals surface area (Å²) in [6, 6.07) is 0.0989. The SMILES string of the molecule is CCOC(=O)CN(C(=O)c1c(N)c(C)nn1CC)C1CC1. The molecule has 0 aliphatic heterocycles. The molecule has 0 saturated heterocycles. The molecule has 2 rings (SSSR count). The van der Waals surface area contributed by atoms with Crippen molar-refractivity contribution in [2.75, 3.05) is 18.9 Å². The molecule has 7 heteroatoms. The number of nitrogen functional groups attached to an aromatic ring is 1. The molecule has 0 bridgehead atoms. The Balaban J connectivity index is 2.25. The highest BCUT2D eigenvalue weighted by atomic mass is 16.5. The average Bonchev–Trinajstić information content (AvgIpc) is 3.23. The monoisotopic (exact) mass is 294 g/mol. The summed E-state index contributed by atoms with van der Waals surface area (Å²) in [5.41, 5.74) is 7.36. The first-order valence-corrected chi connectivity index (χ1v) is 7.29. The number of aromatic nitrogens is 2. The van der Waals surface area contributed by atoms with Gasteiger partial charge in [0.15, 0.2) is 0 Å². The smallest absolute Gasteiger partial charge is 0.325 e. The number of nitrogens with two attached hydrogens (primary N) is 1. The Morgan fingerprint density at radius 1 is 1.43 bits per heavy atom. The highest BCUT2D eigenvalue weighted by Crippen LogP contribution is 2.29. The average molecular weight is 294 g/mol. The molecule has 0 aromatic carbocycles. The van der Waals surface area contributed by atoms with E-state index in [-0.39, 0.29) is 18.5 Å². The summed E-state index contributed by atoms with van der Waals surface area (Å²) in [5.74, 6) is -0.638. The molecule has 0 spiro atoms. The molecule has 1 fully saturated rings. The van der Waals surface area contributed by atoms with Crippen LogP contribution in [0.4, 0.5) is 5.69 Å². The Hall–Kier alpha value is -2.05. The lowest BCUT2D eigenvalue weighted by atomic mass is 10.2. The Labute approximate surface area is 124 Å². The molecular formula is C14H22N4O3. The van der Waals surface area contributed by atoms with E-state index in [2.05, 4.69) is 5.10 Å². The van der Waals surface area contributed by atoms with Crippen LogP contribution >= 0.6 is 0 Å². The minimum atomic E-state index is -0.393. The summed E-state index contributed by atoms with van der Waals surface area (Å²) in [7, 11) is 0. The second-order valence-electron chi connectivity index (χ2n) is 5.13. The summed E-state index contributed by atoms with van der Waals surface area (Å²) >= 11 is 0. The van der Waals surface area contributed by atoms with Crippen LogP contribution in [0.2, 0.25) is 0 Å². The van der Waals surface area contributed by atoms with E-state index in [1.165, 1.54) is 0 Å². The highest BCUT2D eigenvalue weighted by Gasteiger charge is 2.37. The van der Waals surface area contributed by atoms with Crippen molar-refractivity contribution < 1.29 is 14.3 Å². The van der Waals surface area contributed by atoms with Gasteiger partial charge in [-0.05, 0) is 33.6 Å². The third-order valence-corrected chi connectivity index (χ3v) is 3.53. The van der Waals surface area contributed by atoms with Gasteiger partial charge in [0.05, 0.1) is 18.0 Å². The third-order valence-electron chi connectivity index (χ3n) is 3.53. The van der Waals surface area contributed by atoms with Crippen LogP contribution in [0.5, 0.6) is 0 Å². The summed E-state index contributed by atoms with van der Waals surface area (Å²) in [6.45, 7) is 6.23. The fourth-order valence-corrected chi connectivity index (χ4v) is 2.28.